The molecule has 0 radical (unpaired) electrons. The Hall–Kier alpha value is -0.590. The van der Waals surface area contributed by atoms with Crippen LogP contribution >= 0.6 is 0 Å². The lowest BCUT2D eigenvalue weighted by Gasteiger charge is -2.19. The summed E-state index contributed by atoms with van der Waals surface area (Å²) in [5.41, 5.74) is 0. The summed E-state index contributed by atoms with van der Waals surface area (Å²) in [4.78, 5) is 4.52. The molecule has 13 heavy (non-hydrogen) atoms. The van der Waals surface area contributed by atoms with Crippen LogP contribution in [0.15, 0.2) is 0 Å². The van der Waals surface area contributed by atoms with Gasteiger partial charge in [0.25, 0.3) is 0 Å². The van der Waals surface area contributed by atoms with Gasteiger partial charge in [0.2, 0.25) is 0 Å². The molecule has 3 heteroatoms. The summed E-state index contributed by atoms with van der Waals surface area (Å²) < 4.78 is 0. The lowest BCUT2D eigenvalue weighted by molar-refractivity contribution is 0.271. The van der Waals surface area contributed by atoms with E-state index in [0.717, 1.165) is 26.2 Å². The fourth-order valence-corrected chi connectivity index (χ4v) is 1.25. The minimum absolute atomic E-state index is 0.649. The zero-order valence-electron chi connectivity index (χ0n) is 9.08. The summed E-state index contributed by atoms with van der Waals surface area (Å²) in [7, 11) is 4.18. The van der Waals surface area contributed by atoms with Crippen molar-refractivity contribution in [1.82, 2.24) is 9.80 Å². The first kappa shape index (κ1) is 12.4. The molecule has 76 valence electrons. The molecule has 0 N–H and O–H groups in total. The smallest absolute Gasteiger partial charge is 0.0635 e. The maximum atomic E-state index is 8.44. The highest BCUT2D eigenvalue weighted by molar-refractivity contribution is 4.71. The Morgan fingerprint density at radius 2 is 1.85 bits per heavy atom. The highest BCUT2D eigenvalue weighted by atomic mass is 15.1. The van der Waals surface area contributed by atoms with Gasteiger partial charge in [-0.2, -0.15) is 5.26 Å². The minimum Gasteiger partial charge on any atom is -0.309 e. The van der Waals surface area contributed by atoms with E-state index >= 15 is 0 Å². The van der Waals surface area contributed by atoms with Gasteiger partial charge in [-0.05, 0) is 40.2 Å². The second-order valence-electron chi connectivity index (χ2n) is 3.50. The van der Waals surface area contributed by atoms with Crippen LogP contribution < -0.4 is 0 Å². The van der Waals surface area contributed by atoms with Gasteiger partial charge in [-0.15, -0.1) is 0 Å². The van der Waals surface area contributed by atoms with Crippen molar-refractivity contribution in [3.63, 3.8) is 0 Å². The van der Waals surface area contributed by atoms with Crippen LogP contribution in [0.25, 0.3) is 0 Å². The molecule has 0 unspecified atom stereocenters. The standard InChI is InChI=1S/C10H21N3/c1-4-13(9-5-7-11)10-6-8-12(2)3/h4-6,8-10H2,1-3H3. The van der Waals surface area contributed by atoms with Crippen molar-refractivity contribution in [3.8, 4) is 6.07 Å². The summed E-state index contributed by atoms with van der Waals surface area (Å²) in [6.45, 7) is 6.35. The van der Waals surface area contributed by atoms with E-state index in [0.29, 0.717) is 6.42 Å². The van der Waals surface area contributed by atoms with Crippen LogP contribution in [0.5, 0.6) is 0 Å². The molecule has 3 nitrogen and oxygen atoms in total. The van der Waals surface area contributed by atoms with Crippen molar-refractivity contribution in [1.29, 1.82) is 5.26 Å². The SMILES string of the molecule is CCN(CCC#N)CCCN(C)C. The molecular weight excluding hydrogens is 162 g/mol. The van der Waals surface area contributed by atoms with Gasteiger partial charge in [-0.3, -0.25) is 0 Å². The normalized spacial score (nSPS) is 10.8. The first-order chi connectivity index (χ1) is 6.20. The molecule has 0 saturated carbocycles. The molecule has 0 heterocycles. The van der Waals surface area contributed by atoms with Gasteiger partial charge in [0.15, 0.2) is 0 Å². The molecule has 0 rings (SSSR count). The molecular formula is C10H21N3. The number of nitrogens with zero attached hydrogens (tertiary/aromatic N) is 3. The van der Waals surface area contributed by atoms with Crippen LogP contribution in [0.3, 0.4) is 0 Å². The lowest BCUT2D eigenvalue weighted by Crippen LogP contribution is -2.28. The highest BCUT2D eigenvalue weighted by Gasteiger charge is 2.00. The predicted molar refractivity (Wildman–Crippen MR) is 55.5 cm³/mol. The van der Waals surface area contributed by atoms with Crippen LogP contribution in [0.1, 0.15) is 19.8 Å². The molecule has 0 saturated heterocycles. The first-order valence-electron chi connectivity index (χ1n) is 4.94. The Morgan fingerprint density at radius 1 is 1.15 bits per heavy atom. The summed E-state index contributed by atoms with van der Waals surface area (Å²) in [6.07, 6.45) is 1.84. The van der Waals surface area contributed by atoms with Crippen molar-refractivity contribution in [3.05, 3.63) is 0 Å². The third-order valence-electron chi connectivity index (χ3n) is 2.07. The average molecular weight is 183 g/mol. The van der Waals surface area contributed by atoms with Gasteiger partial charge >= 0.3 is 0 Å². The second-order valence-corrected chi connectivity index (χ2v) is 3.50. The monoisotopic (exact) mass is 183 g/mol. The van der Waals surface area contributed by atoms with Crippen LogP contribution in [0, 0.1) is 11.3 Å². The Balaban J connectivity index is 3.43. The van der Waals surface area contributed by atoms with Crippen LogP contribution in [-0.2, 0) is 0 Å². The molecule has 0 amide bonds. The van der Waals surface area contributed by atoms with Gasteiger partial charge in [0.1, 0.15) is 0 Å². The zero-order valence-corrected chi connectivity index (χ0v) is 9.08. The molecule has 0 spiro atoms. The first-order valence-corrected chi connectivity index (χ1v) is 4.94. The Morgan fingerprint density at radius 3 is 2.31 bits per heavy atom. The van der Waals surface area contributed by atoms with Crippen molar-refractivity contribution in [2.24, 2.45) is 0 Å². The van der Waals surface area contributed by atoms with E-state index in [1.54, 1.807) is 0 Å². The van der Waals surface area contributed by atoms with Crippen LogP contribution in [0.2, 0.25) is 0 Å². The van der Waals surface area contributed by atoms with Crippen LogP contribution in [-0.4, -0.2) is 50.1 Å². The molecule has 0 fully saturated rings. The fraction of sp³-hybridized carbons (Fsp3) is 0.900. The van der Waals surface area contributed by atoms with Crippen LogP contribution in [0.4, 0.5) is 0 Å². The summed E-state index contributed by atoms with van der Waals surface area (Å²) in [5, 5.41) is 8.44. The molecule has 0 aromatic carbocycles. The molecule has 0 atom stereocenters. The molecule has 0 aromatic rings. The van der Waals surface area contributed by atoms with E-state index in [1.165, 1.54) is 6.42 Å². The molecule has 0 aliphatic carbocycles. The van der Waals surface area contributed by atoms with E-state index in [9.17, 15) is 0 Å². The van der Waals surface area contributed by atoms with Gasteiger partial charge < -0.3 is 9.80 Å². The maximum Gasteiger partial charge on any atom is 0.0635 e. The number of rotatable bonds is 7. The Kier molecular flexibility index (Phi) is 7.66. The fourth-order valence-electron chi connectivity index (χ4n) is 1.25. The van der Waals surface area contributed by atoms with Crippen molar-refractivity contribution < 1.29 is 0 Å². The third-order valence-corrected chi connectivity index (χ3v) is 2.07. The average Bonchev–Trinajstić information content (AvgIpc) is 2.10. The Bertz CT molecular complexity index is 149. The second kappa shape index (κ2) is 8.03. The zero-order chi connectivity index (χ0) is 10.1. The van der Waals surface area contributed by atoms with Crippen molar-refractivity contribution >= 4 is 0 Å². The number of hydrogen-bond donors (Lipinski definition) is 0. The maximum absolute atomic E-state index is 8.44. The van der Waals surface area contributed by atoms with Crippen molar-refractivity contribution in [2.75, 3.05) is 40.3 Å². The van der Waals surface area contributed by atoms with E-state index in [4.69, 9.17) is 5.26 Å². The van der Waals surface area contributed by atoms with E-state index in [2.05, 4.69) is 36.9 Å². The van der Waals surface area contributed by atoms with Gasteiger partial charge in [0, 0.05) is 13.0 Å². The lowest BCUT2D eigenvalue weighted by atomic mass is 10.3. The molecule has 0 aromatic heterocycles. The quantitative estimate of drug-likeness (QED) is 0.593. The molecule has 0 bridgehead atoms. The van der Waals surface area contributed by atoms with Crippen molar-refractivity contribution in [2.45, 2.75) is 19.8 Å². The van der Waals surface area contributed by atoms with Gasteiger partial charge in [-0.1, -0.05) is 6.92 Å². The van der Waals surface area contributed by atoms with E-state index in [-0.39, 0.29) is 0 Å². The topological polar surface area (TPSA) is 30.3 Å². The van der Waals surface area contributed by atoms with E-state index < -0.39 is 0 Å². The third kappa shape index (κ3) is 7.76. The Labute approximate surface area is 81.9 Å². The predicted octanol–water partition coefficient (Wildman–Crippen LogP) is 1.17. The summed E-state index contributed by atoms with van der Waals surface area (Å²) in [6, 6.07) is 2.18. The largest absolute Gasteiger partial charge is 0.309 e. The molecule has 0 aliphatic rings. The van der Waals surface area contributed by atoms with Gasteiger partial charge in [0.05, 0.1) is 6.07 Å². The number of nitriles is 1. The molecule has 0 aliphatic heterocycles. The highest BCUT2D eigenvalue weighted by Crippen LogP contribution is 1.94. The van der Waals surface area contributed by atoms with E-state index in [1.807, 2.05) is 0 Å². The number of hydrogen-bond acceptors (Lipinski definition) is 3. The summed E-state index contributed by atoms with van der Waals surface area (Å²) >= 11 is 0. The minimum atomic E-state index is 0.649. The summed E-state index contributed by atoms with van der Waals surface area (Å²) in [5.74, 6) is 0. The van der Waals surface area contributed by atoms with Gasteiger partial charge in [-0.25, -0.2) is 0 Å².